The molecule has 0 bridgehead atoms. The molecular formula is C17H20N2S2. The number of benzene rings is 2. The molecule has 3 N–H and O–H groups in total. The van der Waals surface area contributed by atoms with Crippen LogP contribution in [0.1, 0.15) is 30.9 Å². The number of thiocarbonyl (C=S) groups is 1. The van der Waals surface area contributed by atoms with Crippen LogP contribution in [0.5, 0.6) is 0 Å². The summed E-state index contributed by atoms with van der Waals surface area (Å²) in [5.74, 6) is 0.450. The first-order chi connectivity index (χ1) is 10.0. The van der Waals surface area contributed by atoms with E-state index in [4.69, 9.17) is 18.0 Å². The maximum atomic E-state index is 5.92. The van der Waals surface area contributed by atoms with Crippen LogP contribution in [-0.2, 0) is 0 Å². The van der Waals surface area contributed by atoms with Gasteiger partial charge < -0.3 is 11.1 Å². The van der Waals surface area contributed by atoms with E-state index in [-0.39, 0.29) is 0 Å². The number of hydrogen-bond donors (Lipinski definition) is 2. The van der Waals surface area contributed by atoms with Crippen molar-refractivity contribution >= 4 is 40.3 Å². The zero-order valence-electron chi connectivity index (χ0n) is 12.5. The van der Waals surface area contributed by atoms with Gasteiger partial charge in [-0.15, -0.1) is 11.8 Å². The van der Waals surface area contributed by atoms with Crippen molar-refractivity contribution in [3.8, 4) is 0 Å². The number of nitrogens with one attached hydrogen (secondary N) is 1. The smallest absolute Gasteiger partial charge is 0.107 e. The van der Waals surface area contributed by atoms with Gasteiger partial charge >= 0.3 is 0 Å². The van der Waals surface area contributed by atoms with Gasteiger partial charge in [0.2, 0.25) is 0 Å². The van der Waals surface area contributed by atoms with Gasteiger partial charge in [0.15, 0.2) is 0 Å². The normalized spacial score (nSPS) is 10.7. The number of hydrogen-bond acceptors (Lipinski definition) is 3. The van der Waals surface area contributed by atoms with Crippen molar-refractivity contribution in [1.29, 1.82) is 0 Å². The summed E-state index contributed by atoms with van der Waals surface area (Å²) in [5.41, 5.74) is 10.2. The first-order valence-corrected chi connectivity index (χ1v) is 8.50. The van der Waals surface area contributed by atoms with Gasteiger partial charge in [-0.2, -0.15) is 0 Å². The first kappa shape index (κ1) is 15.9. The quantitative estimate of drug-likeness (QED) is 0.607. The standard InChI is InChI=1S/C17H20N2S2/c1-11(2)12-7-4-5-8-13(12)19-14-9-6-10-15(21-3)16(14)17(18)20/h4-11,19H,1-3H3,(H2,18,20). The van der Waals surface area contributed by atoms with Crippen LogP contribution in [0.3, 0.4) is 0 Å². The number of rotatable bonds is 5. The summed E-state index contributed by atoms with van der Waals surface area (Å²) in [7, 11) is 0. The summed E-state index contributed by atoms with van der Waals surface area (Å²) in [6.07, 6.45) is 2.03. The molecule has 2 nitrogen and oxygen atoms in total. The summed E-state index contributed by atoms with van der Waals surface area (Å²) in [6, 6.07) is 14.4. The molecule has 0 atom stereocenters. The predicted molar refractivity (Wildman–Crippen MR) is 97.9 cm³/mol. The van der Waals surface area contributed by atoms with Crippen molar-refractivity contribution in [3.05, 3.63) is 53.6 Å². The summed E-state index contributed by atoms with van der Waals surface area (Å²) in [6.45, 7) is 4.38. The van der Waals surface area contributed by atoms with Crippen molar-refractivity contribution in [2.75, 3.05) is 11.6 Å². The highest BCUT2D eigenvalue weighted by atomic mass is 32.2. The minimum atomic E-state index is 0.421. The summed E-state index contributed by atoms with van der Waals surface area (Å²) in [4.78, 5) is 1.51. The number of anilines is 2. The number of para-hydroxylation sites is 1. The highest BCUT2D eigenvalue weighted by Gasteiger charge is 2.12. The van der Waals surface area contributed by atoms with E-state index in [1.807, 2.05) is 30.5 Å². The molecule has 110 valence electrons. The molecule has 2 rings (SSSR count). The molecule has 0 fully saturated rings. The zero-order valence-corrected chi connectivity index (χ0v) is 14.1. The Morgan fingerprint density at radius 1 is 1.10 bits per heavy atom. The Bertz CT molecular complexity index is 651. The van der Waals surface area contributed by atoms with Gasteiger partial charge in [0.25, 0.3) is 0 Å². The van der Waals surface area contributed by atoms with Crippen molar-refractivity contribution in [3.63, 3.8) is 0 Å². The third kappa shape index (κ3) is 3.57. The first-order valence-electron chi connectivity index (χ1n) is 6.87. The minimum Gasteiger partial charge on any atom is -0.389 e. The summed E-state index contributed by atoms with van der Waals surface area (Å²) in [5, 5.41) is 3.50. The van der Waals surface area contributed by atoms with Gasteiger partial charge in [0, 0.05) is 21.8 Å². The van der Waals surface area contributed by atoms with Crippen LogP contribution in [0.4, 0.5) is 11.4 Å². The maximum absolute atomic E-state index is 5.92. The molecule has 0 saturated carbocycles. The molecule has 0 aromatic heterocycles. The van der Waals surface area contributed by atoms with Crippen LogP contribution in [0, 0.1) is 0 Å². The molecule has 4 heteroatoms. The second-order valence-electron chi connectivity index (χ2n) is 5.11. The molecule has 2 aromatic carbocycles. The monoisotopic (exact) mass is 316 g/mol. The lowest BCUT2D eigenvalue weighted by atomic mass is 10.0. The highest BCUT2D eigenvalue weighted by molar-refractivity contribution is 7.98. The van der Waals surface area contributed by atoms with E-state index in [1.54, 1.807) is 11.8 Å². The SMILES string of the molecule is CSc1cccc(Nc2ccccc2C(C)C)c1C(N)=S. The Labute approximate surface area is 136 Å². The molecule has 0 aliphatic heterocycles. The van der Waals surface area contributed by atoms with E-state index >= 15 is 0 Å². The second-order valence-corrected chi connectivity index (χ2v) is 6.40. The van der Waals surface area contributed by atoms with Crippen molar-refractivity contribution < 1.29 is 0 Å². The Morgan fingerprint density at radius 2 is 1.76 bits per heavy atom. The lowest BCUT2D eigenvalue weighted by Gasteiger charge is -2.18. The van der Waals surface area contributed by atoms with E-state index < -0.39 is 0 Å². The Kier molecular flexibility index (Phi) is 5.26. The third-order valence-electron chi connectivity index (χ3n) is 3.34. The molecule has 0 unspecified atom stereocenters. The van der Waals surface area contributed by atoms with E-state index in [1.165, 1.54) is 5.56 Å². The van der Waals surface area contributed by atoms with E-state index in [2.05, 4.69) is 37.4 Å². The van der Waals surface area contributed by atoms with Gasteiger partial charge in [0.1, 0.15) is 4.99 Å². The van der Waals surface area contributed by atoms with Crippen LogP contribution >= 0.6 is 24.0 Å². The van der Waals surface area contributed by atoms with Gasteiger partial charge in [-0.25, -0.2) is 0 Å². The number of thioether (sulfide) groups is 1. The molecule has 0 amide bonds. The summed E-state index contributed by atoms with van der Waals surface area (Å²) < 4.78 is 0. The second kappa shape index (κ2) is 6.96. The fourth-order valence-electron chi connectivity index (χ4n) is 2.32. The predicted octanol–water partition coefficient (Wildman–Crippen LogP) is 4.91. The Hall–Kier alpha value is -1.52. The van der Waals surface area contributed by atoms with Gasteiger partial charge in [-0.05, 0) is 35.9 Å². The van der Waals surface area contributed by atoms with E-state index in [0.717, 1.165) is 21.8 Å². The average Bonchev–Trinajstić information content (AvgIpc) is 2.47. The molecule has 0 spiro atoms. The van der Waals surface area contributed by atoms with Crippen LogP contribution in [-0.4, -0.2) is 11.2 Å². The highest BCUT2D eigenvalue weighted by Crippen LogP contribution is 2.32. The van der Waals surface area contributed by atoms with Crippen LogP contribution in [0.2, 0.25) is 0 Å². The molecule has 0 saturated heterocycles. The molecule has 2 aromatic rings. The Balaban J connectivity index is 2.48. The van der Waals surface area contributed by atoms with Gasteiger partial charge in [-0.1, -0.05) is 50.3 Å². The third-order valence-corrected chi connectivity index (χ3v) is 4.33. The zero-order chi connectivity index (χ0) is 15.4. The van der Waals surface area contributed by atoms with Crippen LogP contribution in [0.25, 0.3) is 0 Å². The minimum absolute atomic E-state index is 0.421. The molecule has 0 aliphatic rings. The molecule has 0 aliphatic carbocycles. The lowest BCUT2D eigenvalue weighted by Crippen LogP contribution is -2.13. The topological polar surface area (TPSA) is 38.0 Å². The molecule has 0 heterocycles. The fourth-order valence-corrected chi connectivity index (χ4v) is 3.24. The molecule has 21 heavy (non-hydrogen) atoms. The maximum Gasteiger partial charge on any atom is 0.107 e. The van der Waals surface area contributed by atoms with Crippen molar-refractivity contribution in [1.82, 2.24) is 0 Å². The fraction of sp³-hybridized carbons (Fsp3) is 0.235. The lowest BCUT2D eigenvalue weighted by molar-refractivity contribution is 0.869. The van der Waals surface area contributed by atoms with E-state index in [0.29, 0.717) is 10.9 Å². The average molecular weight is 316 g/mol. The molecular weight excluding hydrogens is 296 g/mol. The van der Waals surface area contributed by atoms with Gasteiger partial charge in [0.05, 0.1) is 0 Å². The number of nitrogens with two attached hydrogens (primary N) is 1. The van der Waals surface area contributed by atoms with Gasteiger partial charge in [-0.3, -0.25) is 0 Å². The van der Waals surface area contributed by atoms with Crippen LogP contribution in [0.15, 0.2) is 47.4 Å². The van der Waals surface area contributed by atoms with Crippen molar-refractivity contribution in [2.45, 2.75) is 24.7 Å². The Morgan fingerprint density at radius 3 is 2.38 bits per heavy atom. The molecule has 0 radical (unpaired) electrons. The van der Waals surface area contributed by atoms with Crippen LogP contribution < -0.4 is 11.1 Å². The van der Waals surface area contributed by atoms with Crippen molar-refractivity contribution in [2.24, 2.45) is 5.73 Å². The van der Waals surface area contributed by atoms with E-state index in [9.17, 15) is 0 Å². The summed E-state index contributed by atoms with van der Waals surface area (Å²) >= 11 is 6.88. The largest absolute Gasteiger partial charge is 0.389 e.